The van der Waals surface area contributed by atoms with Gasteiger partial charge in [0.25, 0.3) is 11.5 Å². The molecule has 6 nitrogen and oxygen atoms in total. The first-order valence-electron chi connectivity index (χ1n) is 6.28. The average Bonchev–Trinajstić information content (AvgIpc) is 2.37. The molecule has 1 heterocycles. The zero-order valence-corrected chi connectivity index (χ0v) is 11.3. The van der Waals surface area contributed by atoms with Gasteiger partial charge in [0.05, 0.1) is 6.42 Å². The quantitative estimate of drug-likeness (QED) is 0.794. The molecule has 0 saturated carbocycles. The number of carboxylic acids is 1. The van der Waals surface area contributed by atoms with Crippen LogP contribution in [0.3, 0.4) is 0 Å². The highest BCUT2D eigenvalue weighted by Gasteiger charge is 2.11. The number of carbonyl (C=O) groups is 2. The van der Waals surface area contributed by atoms with E-state index in [1.165, 1.54) is 6.07 Å². The van der Waals surface area contributed by atoms with Crippen molar-refractivity contribution in [2.45, 2.75) is 13.3 Å². The molecule has 0 unspecified atom stereocenters. The summed E-state index contributed by atoms with van der Waals surface area (Å²) < 4.78 is 0. The minimum atomic E-state index is -0.951. The lowest BCUT2D eigenvalue weighted by Crippen LogP contribution is -2.23. The number of H-pyrrole nitrogens is 1. The van der Waals surface area contributed by atoms with E-state index in [4.69, 9.17) is 5.11 Å². The summed E-state index contributed by atoms with van der Waals surface area (Å²) in [6, 6.07) is 9.58. The van der Waals surface area contributed by atoms with E-state index in [0.717, 1.165) is 0 Å². The van der Waals surface area contributed by atoms with Crippen LogP contribution in [0, 0.1) is 6.92 Å². The topological polar surface area (TPSA) is 99.3 Å². The minimum Gasteiger partial charge on any atom is -0.481 e. The number of aromatic nitrogens is 1. The number of carbonyl (C=O) groups excluding carboxylic acids is 1. The van der Waals surface area contributed by atoms with Crippen molar-refractivity contribution in [1.82, 2.24) is 4.98 Å². The molecule has 21 heavy (non-hydrogen) atoms. The number of aryl methyl sites for hydroxylation is 1. The van der Waals surface area contributed by atoms with Crippen LogP contribution in [0.15, 0.2) is 41.2 Å². The van der Waals surface area contributed by atoms with E-state index in [0.29, 0.717) is 16.9 Å². The molecular formula is C15H14N2O4. The molecule has 0 atom stereocenters. The number of hydrogen-bond donors (Lipinski definition) is 3. The molecule has 0 aliphatic carbocycles. The fourth-order valence-corrected chi connectivity index (χ4v) is 1.88. The predicted octanol–water partition coefficient (Wildman–Crippen LogP) is 1.56. The molecule has 0 spiro atoms. The van der Waals surface area contributed by atoms with Gasteiger partial charge in [-0.05, 0) is 36.8 Å². The lowest BCUT2D eigenvalue weighted by molar-refractivity contribution is -0.136. The van der Waals surface area contributed by atoms with Gasteiger partial charge in [-0.2, -0.15) is 0 Å². The summed E-state index contributed by atoms with van der Waals surface area (Å²) in [5.74, 6) is -1.49. The highest BCUT2D eigenvalue weighted by molar-refractivity contribution is 6.04. The Bertz CT molecular complexity index is 749. The van der Waals surface area contributed by atoms with E-state index in [1.54, 1.807) is 37.3 Å². The van der Waals surface area contributed by atoms with Crippen molar-refractivity contribution in [3.05, 3.63) is 63.6 Å². The molecule has 1 aromatic heterocycles. The number of nitrogens with one attached hydrogen (secondary N) is 2. The van der Waals surface area contributed by atoms with E-state index >= 15 is 0 Å². The maximum atomic E-state index is 12.0. The lowest BCUT2D eigenvalue weighted by atomic mass is 10.1. The molecule has 0 saturated heterocycles. The molecule has 3 N–H and O–H groups in total. The van der Waals surface area contributed by atoms with Gasteiger partial charge >= 0.3 is 5.97 Å². The van der Waals surface area contributed by atoms with Crippen molar-refractivity contribution in [2.75, 3.05) is 5.32 Å². The van der Waals surface area contributed by atoms with Crippen LogP contribution in [-0.4, -0.2) is 22.0 Å². The Balaban J connectivity index is 2.19. The van der Waals surface area contributed by atoms with Gasteiger partial charge in [0.2, 0.25) is 0 Å². The molecule has 1 amide bonds. The Morgan fingerprint density at radius 3 is 2.67 bits per heavy atom. The van der Waals surface area contributed by atoms with Crippen LogP contribution in [0.4, 0.5) is 5.69 Å². The molecular weight excluding hydrogens is 272 g/mol. The monoisotopic (exact) mass is 286 g/mol. The first-order chi connectivity index (χ1) is 9.95. The summed E-state index contributed by atoms with van der Waals surface area (Å²) in [5.41, 5.74) is 1.22. The second kappa shape index (κ2) is 6.04. The Kier molecular flexibility index (Phi) is 4.18. The Labute approximate surface area is 120 Å². The van der Waals surface area contributed by atoms with Gasteiger partial charge < -0.3 is 15.4 Å². The third-order valence-corrected chi connectivity index (χ3v) is 2.84. The van der Waals surface area contributed by atoms with Crippen molar-refractivity contribution in [1.29, 1.82) is 0 Å². The second-order valence-corrected chi connectivity index (χ2v) is 4.61. The fraction of sp³-hybridized carbons (Fsp3) is 0.133. The molecule has 0 fully saturated rings. The average molecular weight is 286 g/mol. The Morgan fingerprint density at radius 2 is 2.00 bits per heavy atom. The summed E-state index contributed by atoms with van der Waals surface area (Å²) in [4.78, 5) is 36.9. The van der Waals surface area contributed by atoms with Crippen LogP contribution in [0.1, 0.15) is 21.6 Å². The maximum Gasteiger partial charge on any atom is 0.307 e. The molecule has 0 bridgehead atoms. The summed E-state index contributed by atoms with van der Waals surface area (Å²) in [7, 11) is 0. The van der Waals surface area contributed by atoms with Crippen LogP contribution in [0.2, 0.25) is 0 Å². The van der Waals surface area contributed by atoms with E-state index in [2.05, 4.69) is 10.3 Å². The van der Waals surface area contributed by atoms with Crippen LogP contribution in [-0.2, 0) is 11.2 Å². The van der Waals surface area contributed by atoms with Crippen molar-refractivity contribution in [2.24, 2.45) is 0 Å². The Morgan fingerprint density at radius 1 is 1.24 bits per heavy atom. The fourth-order valence-electron chi connectivity index (χ4n) is 1.88. The number of hydrogen-bond acceptors (Lipinski definition) is 3. The van der Waals surface area contributed by atoms with Crippen molar-refractivity contribution >= 4 is 17.6 Å². The van der Waals surface area contributed by atoms with Crippen LogP contribution < -0.4 is 10.9 Å². The number of aliphatic carboxylic acids is 1. The zero-order chi connectivity index (χ0) is 15.4. The van der Waals surface area contributed by atoms with E-state index < -0.39 is 17.4 Å². The van der Waals surface area contributed by atoms with Gasteiger partial charge in [0.15, 0.2) is 0 Å². The van der Waals surface area contributed by atoms with E-state index in [1.807, 2.05) is 0 Å². The van der Waals surface area contributed by atoms with Crippen molar-refractivity contribution < 1.29 is 14.7 Å². The SMILES string of the molecule is Cc1ccc(C(=O)Nc2cccc(CC(=O)O)c2)c(=O)[nH]1. The maximum absolute atomic E-state index is 12.0. The summed E-state index contributed by atoms with van der Waals surface area (Å²) >= 11 is 0. The predicted molar refractivity (Wildman–Crippen MR) is 77.5 cm³/mol. The first kappa shape index (κ1) is 14.5. The largest absolute Gasteiger partial charge is 0.481 e. The van der Waals surface area contributed by atoms with Gasteiger partial charge in [-0.3, -0.25) is 14.4 Å². The van der Waals surface area contributed by atoms with Crippen LogP contribution in [0.25, 0.3) is 0 Å². The zero-order valence-electron chi connectivity index (χ0n) is 11.3. The van der Waals surface area contributed by atoms with Crippen molar-refractivity contribution in [3.8, 4) is 0 Å². The van der Waals surface area contributed by atoms with Gasteiger partial charge in [0.1, 0.15) is 5.56 Å². The second-order valence-electron chi connectivity index (χ2n) is 4.61. The number of carboxylic acid groups (broad SMARTS) is 1. The highest BCUT2D eigenvalue weighted by Crippen LogP contribution is 2.12. The molecule has 2 aromatic rings. The number of pyridine rings is 1. The molecule has 2 rings (SSSR count). The number of anilines is 1. The minimum absolute atomic E-state index is 0.00392. The first-order valence-corrected chi connectivity index (χ1v) is 6.28. The van der Waals surface area contributed by atoms with Crippen molar-refractivity contribution in [3.63, 3.8) is 0 Å². The highest BCUT2D eigenvalue weighted by atomic mass is 16.4. The molecule has 1 aromatic carbocycles. The van der Waals surface area contributed by atoms with Crippen LogP contribution >= 0.6 is 0 Å². The Hall–Kier alpha value is -2.89. The summed E-state index contributed by atoms with van der Waals surface area (Å²) in [5, 5.41) is 11.3. The lowest BCUT2D eigenvalue weighted by Gasteiger charge is -2.06. The molecule has 0 aliphatic heterocycles. The molecule has 0 aliphatic rings. The number of aromatic amines is 1. The van der Waals surface area contributed by atoms with Gasteiger partial charge in [0, 0.05) is 11.4 Å². The number of rotatable bonds is 4. The normalized spacial score (nSPS) is 10.1. The molecule has 0 radical (unpaired) electrons. The van der Waals surface area contributed by atoms with Gasteiger partial charge in [-0.1, -0.05) is 12.1 Å². The smallest absolute Gasteiger partial charge is 0.307 e. The van der Waals surface area contributed by atoms with E-state index in [9.17, 15) is 14.4 Å². The standard InChI is InChI=1S/C15H14N2O4/c1-9-5-6-12(14(20)16-9)15(21)17-11-4-2-3-10(7-11)8-13(18)19/h2-7H,8H2,1H3,(H,16,20)(H,17,21)(H,18,19). The van der Waals surface area contributed by atoms with Gasteiger partial charge in [-0.15, -0.1) is 0 Å². The van der Waals surface area contributed by atoms with E-state index in [-0.39, 0.29) is 12.0 Å². The molecule has 108 valence electrons. The molecule has 6 heteroatoms. The summed E-state index contributed by atoms with van der Waals surface area (Å²) in [6.45, 7) is 1.72. The number of amides is 1. The number of benzene rings is 1. The van der Waals surface area contributed by atoms with Gasteiger partial charge in [-0.25, -0.2) is 0 Å². The van der Waals surface area contributed by atoms with Crippen LogP contribution in [0.5, 0.6) is 0 Å². The third kappa shape index (κ3) is 3.79. The summed E-state index contributed by atoms with van der Waals surface area (Å²) in [6.07, 6.45) is -0.130. The third-order valence-electron chi connectivity index (χ3n) is 2.84.